The van der Waals surface area contributed by atoms with Gasteiger partial charge in [-0.1, -0.05) is 52.1 Å². The summed E-state index contributed by atoms with van der Waals surface area (Å²) >= 11 is 17.9. The molecule has 0 aliphatic rings. The molecule has 0 bridgehead atoms. The lowest BCUT2D eigenvalue weighted by atomic mass is 10.2. The van der Waals surface area contributed by atoms with Crippen molar-refractivity contribution in [2.24, 2.45) is 0 Å². The van der Waals surface area contributed by atoms with E-state index in [1.54, 1.807) is 0 Å². The lowest BCUT2D eigenvalue weighted by Gasteiger charge is -2.13. The minimum absolute atomic E-state index is 0.00477. The number of carbonyl (C=O) groups excluding carboxylic acids is 1. The van der Waals surface area contributed by atoms with Gasteiger partial charge in [0.25, 0.3) is 15.9 Å². The maximum Gasteiger partial charge on any atom is 0.573 e. The lowest BCUT2D eigenvalue weighted by molar-refractivity contribution is -0.274. The van der Waals surface area contributed by atoms with E-state index in [2.05, 4.69) is 15.0 Å². The van der Waals surface area contributed by atoms with Crippen LogP contribution in [-0.4, -0.2) is 35.7 Å². The molecule has 3 rings (SSSR count). The molecule has 32 heavy (non-hydrogen) atoms. The second-order valence-corrected chi connectivity index (χ2v) is 8.96. The highest BCUT2D eigenvalue weighted by atomic mass is 35.5. The number of rotatable bonds is 5. The van der Waals surface area contributed by atoms with Crippen molar-refractivity contribution < 1.29 is 31.1 Å². The number of amides is 1. The number of carbonyl (C=O) groups is 1. The van der Waals surface area contributed by atoms with Crippen molar-refractivity contribution in [2.75, 3.05) is 0 Å². The second-order valence-electron chi connectivity index (χ2n) is 6.08. The predicted molar refractivity (Wildman–Crippen MR) is 109 cm³/mol. The molecule has 1 N–H and O–H groups in total. The average molecular weight is 530 g/mol. The van der Waals surface area contributed by atoms with E-state index in [4.69, 9.17) is 34.8 Å². The van der Waals surface area contributed by atoms with Crippen LogP contribution in [0, 0.1) is 6.92 Å². The lowest BCUT2D eigenvalue weighted by Crippen LogP contribution is -2.31. The van der Waals surface area contributed by atoms with Crippen molar-refractivity contribution in [3.05, 3.63) is 62.9 Å². The van der Waals surface area contributed by atoms with Crippen LogP contribution in [0.2, 0.25) is 15.1 Å². The summed E-state index contributed by atoms with van der Waals surface area (Å²) in [7, 11) is -4.33. The van der Waals surface area contributed by atoms with E-state index in [0.29, 0.717) is 0 Å². The van der Waals surface area contributed by atoms with Crippen LogP contribution >= 0.6 is 34.8 Å². The minimum atomic E-state index is -4.96. The smallest absolute Gasteiger partial charge is 0.406 e. The van der Waals surface area contributed by atoms with Gasteiger partial charge in [0.1, 0.15) is 16.3 Å². The topological polar surface area (TPSA) is 103 Å². The van der Waals surface area contributed by atoms with Crippen LogP contribution in [0.25, 0.3) is 5.69 Å². The molecular weight excluding hydrogens is 520 g/mol. The highest BCUT2D eigenvalue weighted by Crippen LogP contribution is 2.35. The van der Waals surface area contributed by atoms with Gasteiger partial charge in [-0.3, -0.25) is 4.79 Å². The molecule has 0 unspecified atom stereocenters. The highest BCUT2D eigenvalue weighted by Gasteiger charge is 2.32. The Labute approximate surface area is 193 Å². The third kappa shape index (κ3) is 5.09. The van der Waals surface area contributed by atoms with Crippen LogP contribution in [0.15, 0.2) is 41.3 Å². The Hall–Kier alpha value is -2.54. The molecule has 0 fully saturated rings. The molecule has 0 saturated carbocycles. The van der Waals surface area contributed by atoms with Gasteiger partial charge >= 0.3 is 6.36 Å². The Morgan fingerprint density at radius 1 is 1.09 bits per heavy atom. The van der Waals surface area contributed by atoms with E-state index in [-0.39, 0.29) is 31.3 Å². The SMILES string of the molecule is Cc1c(C(=O)NS(=O)(=O)c2ccccc2Cl)nnn1-c1c(Cl)cc(OC(F)(F)F)cc1Cl. The molecule has 2 aromatic carbocycles. The Balaban J connectivity index is 1.93. The summed E-state index contributed by atoms with van der Waals surface area (Å²) in [6, 6.07) is 7.15. The van der Waals surface area contributed by atoms with Crippen LogP contribution in [0.4, 0.5) is 13.2 Å². The third-order valence-corrected chi connectivity index (χ3v) is 6.31. The van der Waals surface area contributed by atoms with Gasteiger partial charge in [0, 0.05) is 12.1 Å². The summed E-state index contributed by atoms with van der Waals surface area (Å²) in [5.41, 5.74) is -0.491. The molecular formula is C17H10Cl3F3N4O4S. The van der Waals surface area contributed by atoms with Gasteiger partial charge in [-0.2, -0.15) is 0 Å². The summed E-state index contributed by atoms with van der Waals surface area (Å²) in [4.78, 5) is 12.2. The van der Waals surface area contributed by atoms with E-state index in [9.17, 15) is 26.4 Å². The molecule has 0 aliphatic carbocycles. The molecule has 0 saturated heterocycles. The normalized spacial score (nSPS) is 12.0. The first-order valence-electron chi connectivity index (χ1n) is 8.29. The zero-order chi connectivity index (χ0) is 23.8. The van der Waals surface area contributed by atoms with Crippen molar-refractivity contribution in [2.45, 2.75) is 18.2 Å². The van der Waals surface area contributed by atoms with Crippen molar-refractivity contribution >= 4 is 50.7 Å². The largest absolute Gasteiger partial charge is 0.573 e. The van der Waals surface area contributed by atoms with E-state index >= 15 is 0 Å². The molecule has 0 spiro atoms. The number of aromatic nitrogens is 3. The molecule has 0 atom stereocenters. The zero-order valence-electron chi connectivity index (χ0n) is 15.6. The molecule has 1 heterocycles. The van der Waals surface area contributed by atoms with Gasteiger partial charge in [0.2, 0.25) is 0 Å². The molecule has 1 aromatic heterocycles. The molecule has 0 aliphatic heterocycles. The number of ether oxygens (including phenoxy) is 1. The Morgan fingerprint density at radius 3 is 2.25 bits per heavy atom. The standard InChI is InChI=1S/C17H10Cl3F3N4O4S/c1-8-14(16(28)25-32(29,30)13-5-3-2-4-10(13)18)24-26-27(8)15-11(19)6-9(7-12(15)20)31-17(21,22)23/h2-7H,1H3,(H,25,28). The number of benzene rings is 2. The van der Waals surface area contributed by atoms with E-state index in [0.717, 1.165) is 16.8 Å². The van der Waals surface area contributed by atoms with Crippen LogP contribution in [0.1, 0.15) is 16.2 Å². The number of hydrogen-bond acceptors (Lipinski definition) is 6. The van der Waals surface area contributed by atoms with Crippen LogP contribution < -0.4 is 9.46 Å². The fourth-order valence-corrected chi connectivity index (χ4v) is 4.68. The number of halogens is 6. The van der Waals surface area contributed by atoms with Crippen LogP contribution in [-0.2, 0) is 10.0 Å². The number of hydrogen-bond donors (Lipinski definition) is 1. The molecule has 8 nitrogen and oxygen atoms in total. The van der Waals surface area contributed by atoms with Gasteiger partial charge in [0.05, 0.1) is 20.8 Å². The van der Waals surface area contributed by atoms with Crippen molar-refractivity contribution in [1.29, 1.82) is 0 Å². The minimum Gasteiger partial charge on any atom is -0.406 e. The second kappa shape index (κ2) is 8.77. The fourth-order valence-electron chi connectivity index (χ4n) is 2.58. The first kappa shape index (κ1) is 24.1. The van der Waals surface area contributed by atoms with E-state index in [1.807, 2.05) is 4.72 Å². The van der Waals surface area contributed by atoms with Gasteiger partial charge in [0.15, 0.2) is 5.69 Å². The Bertz CT molecular complexity index is 1290. The number of alkyl halides is 3. The molecule has 170 valence electrons. The molecule has 15 heteroatoms. The average Bonchev–Trinajstić information content (AvgIpc) is 3.01. The van der Waals surface area contributed by atoms with E-state index in [1.165, 1.54) is 31.2 Å². The fraction of sp³-hybridized carbons (Fsp3) is 0.118. The molecule has 3 aromatic rings. The van der Waals surface area contributed by atoms with Crippen LogP contribution in [0.3, 0.4) is 0 Å². The Kier molecular flexibility index (Phi) is 6.61. The third-order valence-electron chi connectivity index (χ3n) is 3.90. The zero-order valence-corrected chi connectivity index (χ0v) is 18.7. The summed E-state index contributed by atoms with van der Waals surface area (Å²) in [5.74, 6) is -1.80. The predicted octanol–water partition coefficient (Wildman–Crippen LogP) is 4.55. The van der Waals surface area contributed by atoms with Gasteiger partial charge in [-0.05, 0) is 19.1 Å². The quantitative estimate of drug-likeness (QED) is 0.520. The summed E-state index contributed by atoms with van der Waals surface area (Å²) in [5, 5.41) is 6.65. The number of nitrogens with one attached hydrogen (secondary N) is 1. The number of nitrogens with zero attached hydrogens (tertiary/aromatic N) is 3. The maximum absolute atomic E-state index is 12.5. The Morgan fingerprint density at radius 2 is 1.69 bits per heavy atom. The molecule has 0 radical (unpaired) electrons. The summed E-state index contributed by atoms with van der Waals surface area (Å²) in [6.45, 7) is 1.35. The number of sulfonamides is 1. The highest BCUT2D eigenvalue weighted by molar-refractivity contribution is 7.90. The van der Waals surface area contributed by atoms with Crippen molar-refractivity contribution in [1.82, 2.24) is 19.7 Å². The van der Waals surface area contributed by atoms with Crippen molar-refractivity contribution in [3.8, 4) is 11.4 Å². The van der Waals surface area contributed by atoms with Crippen LogP contribution in [0.5, 0.6) is 5.75 Å². The molecule has 1 amide bonds. The monoisotopic (exact) mass is 528 g/mol. The van der Waals surface area contributed by atoms with Gasteiger partial charge < -0.3 is 4.74 Å². The van der Waals surface area contributed by atoms with Crippen molar-refractivity contribution in [3.63, 3.8) is 0 Å². The van der Waals surface area contributed by atoms with Gasteiger partial charge in [-0.25, -0.2) is 17.8 Å². The van der Waals surface area contributed by atoms with Gasteiger partial charge in [-0.15, -0.1) is 18.3 Å². The first-order chi connectivity index (χ1) is 14.8. The van der Waals surface area contributed by atoms with E-state index < -0.39 is 33.7 Å². The summed E-state index contributed by atoms with van der Waals surface area (Å²) < 4.78 is 68.8. The maximum atomic E-state index is 12.5. The first-order valence-corrected chi connectivity index (χ1v) is 10.9. The summed E-state index contributed by atoms with van der Waals surface area (Å²) in [6.07, 6.45) is -4.96.